The van der Waals surface area contributed by atoms with Crippen molar-refractivity contribution < 1.29 is 13.9 Å². The molecule has 0 radical (unpaired) electrons. The minimum Gasteiger partial charge on any atom is -0.496 e. The number of benzene rings is 2. The minimum atomic E-state index is 0.00469. The van der Waals surface area contributed by atoms with Gasteiger partial charge >= 0.3 is 0 Å². The van der Waals surface area contributed by atoms with Crippen LogP contribution in [0.4, 0.5) is 0 Å². The largest absolute Gasteiger partial charge is 0.496 e. The maximum absolute atomic E-state index is 13.3. The van der Waals surface area contributed by atoms with Crippen LogP contribution >= 0.6 is 0 Å². The number of piperidine rings is 1. The maximum Gasteiger partial charge on any atom is 0.254 e. The maximum atomic E-state index is 13.3. The topological polar surface area (TPSA) is 60.5 Å². The SMILES string of the molecule is COc1cc(C(=O)N2CCCC(c3nc4ccccc4n3C)C2)cc2occc12. The van der Waals surface area contributed by atoms with Gasteiger partial charge in [0.15, 0.2) is 0 Å². The monoisotopic (exact) mass is 389 g/mol. The summed E-state index contributed by atoms with van der Waals surface area (Å²) in [7, 11) is 3.67. The van der Waals surface area contributed by atoms with E-state index in [1.165, 1.54) is 0 Å². The molecule has 5 rings (SSSR count). The number of carbonyl (C=O) groups excluding carboxylic acids is 1. The van der Waals surface area contributed by atoms with Crippen molar-refractivity contribution in [3.8, 4) is 5.75 Å². The second-order valence-corrected chi connectivity index (χ2v) is 7.62. The number of hydrogen-bond acceptors (Lipinski definition) is 4. The number of fused-ring (bicyclic) bond motifs is 2. The molecule has 2 aromatic heterocycles. The number of imidazole rings is 1. The van der Waals surface area contributed by atoms with Gasteiger partial charge in [0.05, 0.1) is 29.8 Å². The molecule has 1 atom stereocenters. The molecule has 1 amide bonds. The number of para-hydroxylation sites is 2. The first-order valence-corrected chi connectivity index (χ1v) is 9.91. The molecule has 148 valence electrons. The lowest BCUT2D eigenvalue weighted by Gasteiger charge is -2.32. The lowest BCUT2D eigenvalue weighted by molar-refractivity contribution is 0.0703. The molecule has 1 aliphatic heterocycles. The van der Waals surface area contributed by atoms with E-state index in [0.717, 1.165) is 41.6 Å². The lowest BCUT2D eigenvalue weighted by Crippen LogP contribution is -2.39. The molecular formula is C23H23N3O3. The number of hydrogen-bond donors (Lipinski definition) is 0. The summed E-state index contributed by atoms with van der Waals surface area (Å²) < 4.78 is 13.1. The molecule has 1 unspecified atom stereocenters. The van der Waals surface area contributed by atoms with Crippen LogP contribution < -0.4 is 4.74 Å². The number of aryl methyl sites for hydroxylation is 1. The van der Waals surface area contributed by atoms with Crippen LogP contribution in [0.5, 0.6) is 5.75 Å². The highest BCUT2D eigenvalue weighted by atomic mass is 16.5. The Morgan fingerprint density at radius 1 is 1.24 bits per heavy atom. The Kier molecular flexibility index (Phi) is 4.27. The minimum absolute atomic E-state index is 0.00469. The zero-order chi connectivity index (χ0) is 20.0. The Bertz CT molecular complexity index is 1210. The number of ether oxygens (including phenoxy) is 1. The Morgan fingerprint density at radius 3 is 2.93 bits per heavy atom. The summed E-state index contributed by atoms with van der Waals surface area (Å²) in [6.07, 6.45) is 3.60. The van der Waals surface area contributed by atoms with Gasteiger partial charge in [0.1, 0.15) is 17.2 Å². The Labute approximate surface area is 168 Å². The predicted molar refractivity (Wildman–Crippen MR) is 111 cm³/mol. The summed E-state index contributed by atoms with van der Waals surface area (Å²) in [6.45, 7) is 1.41. The summed E-state index contributed by atoms with van der Waals surface area (Å²) in [4.78, 5) is 20.1. The molecule has 0 N–H and O–H groups in total. The first-order valence-electron chi connectivity index (χ1n) is 9.91. The van der Waals surface area contributed by atoms with Gasteiger partial charge in [-0.1, -0.05) is 12.1 Å². The van der Waals surface area contributed by atoms with Crippen LogP contribution in [-0.2, 0) is 7.05 Å². The fraction of sp³-hybridized carbons (Fsp3) is 0.304. The highest BCUT2D eigenvalue weighted by Crippen LogP contribution is 2.32. The number of aromatic nitrogens is 2. The standard InChI is InChI=1S/C23H23N3O3/c1-25-19-8-4-3-7-18(19)24-22(25)15-6-5-10-26(14-15)23(27)16-12-20(28-2)17-9-11-29-21(17)13-16/h3-4,7-9,11-13,15H,5-6,10,14H2,1-2H3. The fourth-order valence-electron chi connectivity index (χ4n) is 4.41. The Morgan fingerprint density at radius 2 is 2.10 bits per heavy atom. The van der Waals surface area contributed by atoms with E-state index in [4.69, 9.17) is 14.1 Å². The number of carbonyl (C=O) groups is 1. The number of furan rings is 1. The fourth-order valence-corrected chi connectivity index (χ4v) is 4.41. The van der Waals surface area contributed by atoms with E-state index < -0.39 is 0 Å². The van der Waals surface area contributed by atoms with Crippen molar-refractivity contribution in [2.24, 2.45) is 7.05 Å². The van der Waals surface area contributed by atoms with Crippen molar-refractivity contribution in [3.05, 3.63) is 60.1 Å². The smallest absolute Gasteiger partial charge is 0.254 e. The summed E-state index contributed by atoms with van der Waals surface area (Å²) in [5, 5.41) is 0.875. The second-order valence-electron chi connectivity index (χ2n) is 7.62. The molecule has 2 aromatic carbocycles. The average Bonchev–Trinajstić information content (AvgIpc) is 3.37. The van der Waals surface area contributed by atoms with Crippen molar-refractivity contribution in [2.75, 3.05) is 20.2 Å². The summed E-state index contributed by atoms with van der Waals surface area (Å²) in [6, 6.07) is 13.6. The Hall–Kier alpha value is -3.28. The van der Waals surface area contributed by atoms with Crippen LogP contribution in [0.15, 0.2) is 53.1 Å². The first-order chi connectivity index (χ1) is 14.2. The zero-order valence-electron chi connectivity index (χ0n) is 16.6. The molecule has 6 heteroatoms. The van der Waals surface area contributed by atoms with E-state index in [2.05, 4.69) is 17.7 Å². The number of amides is 1. The highest BCUT2D eigenvalue weighted by Gasteiger charge is 2.29. The normalized spacial score (nSPS) is 17.2. The molecule has 6 nitrogen and oxygen atoms in total. The van der Waals surface area contributed by atoms with Crippen LogP contribution in [0, 0.1) is 0 Å². The third kappa shape index (κ3) is 2.95. The van der Waals surface area contributed by atoms with Crippen LogP contribution in [0.25, 0.3) is 22.0 Å². The third-order valence-corrected chi connectivity index (χ3v) is 5.90. The van der Waals surface area contributed by atoms with Gasteiger partial charge < -0.3 is 18.6 Å². The summed E-state index contributed by atoms with van der Waals surface area (Å²) >= 11 is 0. The highest BCUT2D eigenvalue weighted by molar-refractivity contribution is 5.99. The van der Waals surface area contributed by atoms with E-state index in [9.17, 15) is 4.79 Å². The van der Waals surface area contributed by atoms with Gasteiger partial charge in [-0.05, 0) is 43.2 Å². The van der Waals surface area contributed by atoms with Gasteiger partial charge in [0.2, 0.25) is 0 Å². The van der Waals surface area contributed by atoms with Crippen molar-refractivity contribution in [1.82, 2.24) is 14.5 Å². The van der Waals surface area contributed by atoms with E-state index in [0.29, 0.717) is 23.4 Å². The van der Waals surface area contributed by atoms with Gasteiger partial charge in [-0.2, -0.15) is 0 Å². The number of methoxy groups -OCH3 is 1. The molecule has 0 bridgehead atoms. The molecule has 1 aliphatic rings. The van der Waals surface area contributed by atoms with Gasteiger partial charge in [-0.15, -0.1) is 0 Å². The lowest BCUT2D eigenvalue weighted by atomic mass is 9.96. The molecular weight excluding hydrogens is 366 g/mol. The van der Waals surface area contributed by atoms with Crippen molar-refractivity contribution in [1.29, 1.82) is 0 Å². The predicted octanol–water partition coefficient (Wildman–Crippen LogP) is 4.35. The molecule has 1 saturated heterocycles. The quantitative estimate of drug-likeness (QED) is 0.523. The number of nitrogens with zero attached hydrogens (tertiary/aromatic N) is 3. The third-order valence-electron chi connectivity index (χ3n) is 5.90. The van der Waals surface area contributed by atoms with Crippen LogP contribution in [0.1, 0.15) is 34.9 Å². The van der Waals surface area contributed by atoms with Gasteiger partial charge in [-0.25, -0.2) is 4.98 Å². The van der Waals surface area contributed by atoms with E-state index in [-0.39, 0.29) is 11.8 Å². The molecule has 29 heavy (non-hydrogen) atoms. The molecule has 4 aromatic rings. The molecule has 1 fully saturated rings. The number of rotatable bonds is 3. The van der Waals surface area contributed by atoms with Gasteiger partial charge in [0, 0.05) is 31.6 Å². The van der Waals surface area contributed by atoms with E-state index in [1.54, 1.807) is 25.5 Å². The number of likely N-dealkylation sites (tertiary alicyclic amines) is 1. The van der Waals surface area contributed by atoms with Crippen LogP contribution in [0.3, 0.4) is 0 Å². The average molecular weight is 389 g/mol. The molecule has 3 heterocycles. The Balaban J connectivity index is 1.44. The zero-order valence-corrected chi connectivity index (χ0v) is 16.6. The molecule has 0 saturated carbocycles. The summed E-state index contributed by atoms with van der Waals surface area (Å²) in [5.74, 6) is 1.93. The van der Waals surface area contributed by atoms with Crippen LogP contribution in [-0.4, -0.2) is 40.6 Å². The van der Waals surface area contributed by atoms with Crippen molar-refractivity contribution in [3.63, 3.8) is 0 Å². The van der Waals surface area contributed by atoms with Crippen molar-refractivity contribution >= 4 is 27.9 Å². The van der Waals surface area contributed by atoms with Gasteiger partial charge in [0.25, 0.3) is 5.91 Å². The molecule has 0 spiro atoms. The summed E-state index contributed by atoms with van der Waals surface area (Å²) in [5.41, 5.74) is 3.38. The van der Waals surface area contributed by atoms with Crippen molar-refractivity contribution in [2.45, 2.75) is 18.8 Å². The van der Waals surface area contributed by atoms with E-state index in [1.807, 2.05) is 29.2 Å². The molecule has 0 aliphatic carbocycles. The first kappa shape index (κ1) is 17.8. The van der Waals surface area contributed by atoms with E-state index >= 15 is 0 Å². The second kappa shape index (κ2) is 6.95. The van der Waals surface area contributed by atoms with Crippen LogP contribution in [0.2, 0.25) is 0 Å². The van der Waals surface area contributed by atoms with Gasteiger partial charge in [-0.3, -0.25) is 4.79 Å².